The van der Waals surface area contributed by atoms with Crippen LogP contribution in [0.2, 0.25) is 0 Å². The van der Waals surface area contributed by atoms with E-state index in [1.54, 1.807) is 19.3 Å². The molecular weight excluding hydrogens is 400 g/mol. The molecule has 0 radical (unpaired) electrons. The summed E-state index contributed by atoms with van der Waals surface area (Å²) in [6.07, 6.45) is 3.49. The predicted molar refractivity (Wildman–Crippen MR) is 128 cm³/mol. The summed E-state index contributed by atoms with van der Waals surface area (Å²) in [5, 5.41) is 4.41. The molecule has 5 rings (SSSR count). The number of benzene rings is 2. The molecule has 0 saturated heterocycles. The third-order valence-electron chi connectivity index (χ3n) is 5.94. The summed E-state index contributed by atoms with van der Waals surface area (Å²) in [5.41, 5.74) is 11.4. The number of fused-ring (bicyclic) bond motifs is 2. The SMILES string of the molecule is CC(=O)N1CC(C)(C)c2ccc(-c3cnc(N)nc3Nc3ccc4ncccc4c3)cc21. The van der Waals surface area contributed by atoms with E-state index in [2.05, 4.69) is 46.2 Å². The topological polar surface area (TPSA) is 97.0 Å². The van der Waals surface area contributed by atoms with Crippen LogP contribution in [0.4, 0.5) is 23.1 Å². The minimum atomic E-state index is -0.0998. The van der Waals surface area contributed by atoms with Gasteiger partial charge in [0, 0.05) is 53.6 Å². The number of amides is 1. The maximum Gasteiger partial charge on any atom is 0.223 e. The maximum atomic E-state index is 12.3. The lowest BCUT2D eigenvalue weighted by molar-refractivity contribution is -0.116. The summed E-state index contributed by atoms with van der Waals surface area (Å²) in [4.78, 5) is 27.2. The Bertz CT molecular complexity index is 1360. The van der Waals surface area contributed by atoms with Gasteiger partial charge in [0.15, 0.2) is 0 Å². The van der Waals surface area contributed by atoms with Crippen LogP contribution in [0.5, 0.6) is 0 Å². The minimum absolute atomic E-state index is 0.0330. The molecule has 0 aliphatic carbocycles. The van der Waals surface area contributed by atoms with E-state index in [1.165, 1.54) is 0 Å². The van der Waals surface area contributed by atoms with E-state index in [-0.39, 0.29) is 17.3 Å². The van der Waals surface area contributed by atoms with Crippen LogP contribution in [-0.2, 0) is 10.2 Å². The van der Waals surface area contributed by atoms with Crippen molar-refractivity contribution in [1.29, 1.82) is 0 Å². The lowest BCUT2D eigenvalue weighted by Gasteiger charge is -2.19. The number of rotatable bonds is 3. The summed E-state index contributed by atoms with van der Waals surface area (Å²) in [6, 6.07) is 16.0. The van der Waals surface area contributed by atoms with Gasteiger partial charge < -0.3 is 16.0 Å². The molecule has 0 saturated carbocycles. The number of anilines is 4. The minimum Gasteiger partial charge on any atom is -0.368 e. The van der Waals surface area contributed by atoms with Gasteiger partial charge in [0.05, 0.1) is 5.52 Å². The summed E-state index contributed by atoms with van der Waals surface area (Å²) < 4.78 is 0. The summed E-state index contributed by atoms with van der Waals surface area (Å²) in [7, 11) is 0. The number of aromatic nitrogens is 3. The monoisotopic (exact) mass is 424 g/mol. The van der Waals surface area contributed by atoms with E-state index in [9.17, 15) is 4.79 Å². The van der Waals surface area contributed by atoms with Gasteiger partial charge in [0.2, 0.25) is 11.9 Å². The number of pyridine rings is 1. The molecule has 3 heterocycles. The first-order valence-electron chi connectivity index (χ1n) is 10.5. The van der Waals surface area contributed by atoms with Crippen LogP contribution >= 0.6 is 0 Å². The average molecular weight is 425 g/mol. The summed E-state index contributed by atoms with van der Waals surface area (Å²) in [5.74, 6) is 0.823. The molecule has 1 aliphatic rings. The number of carbonyl (C=O) groups excluding carboxylic acids is 1. The van der Waals surface area contributed by atoms with Gasteiger partial charge >= 0.3 is 0 Å². The van der Waals surface area contributed by atoms with Gasteiger partial charge in [0.25, 0.3) is 0 Å². The fourth-order valence-corrected chi connectivity index (χ4v) is 4.33. The molecule has 2 aromatic carbocycles. The standard InChI is InChI=1S/C25H24N6O/c1-15(32)31-14-25(2,3)20-8-6-16(12-22(20)31)19-13-28-24(26)30-23(19)29-18-7-9-21-17(11-18)5-4-10-27-21/h4-13H,14H2,1-3H3,(H3,26,28,29,30). The molecule has 1 aliphatic heterocycles. The molecule has 7 nitrogen and oxygen atoms in total. The zero-order valence-electron chi connectivity index (χ0n) is 18.3. The number of hydrogen-bond donors (Lipinski definition) is 2. The maximum absolute atomic E-state index is 12.3. The van der Waals surface area contributed by atoms with Crippen LogP contribution < -0.4 is 16.0 Å². The van der Waals surface area contributed by atoms with Gasteiger partial charge in [-0.25, -0.2) is 4.98 Å². The average Bonchev–Trinajstić information content (AvgIpc) is 3.04. The zero-order valence-corrected chi connectivity index (χ0v) is 18.3. The van der Waals surface area contributed by atoms with Crippen molar-refractivity contribution >= 4 is 40.0 Å². The van der Waals surface area contributed by atoms with Gasteiger partial charge in [-0.2, -0.15) is 4.98 Å². The van der Waals surface area contributed by atoms with Crippen molar-refractivity contribution in [3.8, 4) is 11.1 Å². The summed E-state index contributed by atoms with van der Waals surface area (Å²) >= 11 is 0. The van der Waals surface area contributed by atoms with Crippen LogP contribution in [0.25, 0.3) is 22.0 Å². The molecule has 4 aromatic rings. The second kappa shape index (κ2) is 7.30. The second-order valence-electron chi connectivity index (χ2n) is 8.75. The van der Waals surface area contributed by atoms with Crippen molar-refractivity contribution in [2.45, 2.75) is 26.2 Å². The highest BCUT2D eigenvalue weighted by Gasteiger charge is 2.37. The highest BCUT2D eigenvalue weighted by molar-refractivity contribution is 5.96. The Morgan fingerprint density at radius 3 is 2.78 bits per heavy atom. The molecule has 32 heavy (non-hydrogen) atoms. The Morgan fingerprint density at radius 2 is 1.97 bits per heavy atom. The molecule has 0 unspecified atom stereocenters. The normalized spacial score (nSPS) is 14.4. The van der Waals surface area contributed by atoms with Gasteiger partial charge in [-0.15, -0.1) is 0 Å². The molecule has 0 fully saturated rings. The van der Waals surface area contributed by atoms with Crippen molar-refractivity contribution in [3.05, 3.63) is 66.5 Å². The lowest BCUT2D eigenvalue weighted by Crippen LogP contribution is -2.31. The highest BCUT2D eigenvalue weighted by Crippen LogP contribution is 2.43. The van der Waals surface area contributed by atoms with Crippen molar-refractivity contribution in [3.63, 3.8) is 0 Å². The van der Waals surface area contributed by atoms with Gasteiger partial charge in [-0.3, -0.25) is 9.78 Å². The number of nitrogens with one attached hydrogen (secondary N) is 1. The Labute approximate surface area is 186 Å². The van der Waals surface area contributed by atoms with Gasteiger partial charge in [-0.05, 0) is 41.5 Å². The van der Waals surface area contributed by atoms with E-state index >= 15 is 0 Å². The molecule has 2 aromatic heterocycles. The quantitative estimate of drug-likeness (QED) is 0.496. The molecule has 0 bridgehead atoms. The predicted octanol–water partition coefficient (Wildman–Crippen LogP) is 4.66. The van der Waals surface area contributed by atoms with E-state index in [0.717, 1.165) is 39.0 Å². The summed E-state index contributed by atoms with van der Waals surface area (Å²) in [6.45, 7) is 6.58. The van der Waals surface area contributed by atoms with E-state index in [0.29, 0.717) is 12.4 Å². The number of nitrogens with zero attached hydrogens (tertiary/aromatic N) is 4. The van der Waals surface area contributed by atoms with Crippen LogP contribution in [0, 0.1) is 0 Å². The zero-order chi connectivity index (χ0) is 22.5. The molecule has 3 N–H and O–H groups in total. The fourth-order valence-electron chi connectivity index (χ4n) is 4.33. The van der Waals surface area contributed by atoms with Crippen LogP contribution in [0.15, 0.2) is 60.9 Å². The molecule has 7 heteroatoms. The van der Waals surface area contributed by atoms with E-state index in [4.69, 9.17) is 5.73 Å². The Balaban J connectivity index is 1.58. The first-order valence-corrected chi connectivity index (χ1v) is 10.5. The second-order valence-corrected chi connectivity index (χ2v) is 8.75. The van der Waals surface area contributed by atoms with Crippen molar-refractivity contribution < 1.29 is 4.79 Å². The van der Waals surface area contributed by atoms with Gasteiger partial charge in [-0.1, -0.05) is 32.0 Å². The molecule has 0 spiro atoms. The number of hydrogen-bond acceptors (Lipinski definition) is 6. The Hall–Kier alpha value is -4.00. The third kappa shape index (κ3) is 3.41. The van der Waals surface area contributed by atoms with Crippen LogP contribution in [0.3, 0.4) is 0 Å². The first kappa shape index (κ1) is 19.9. The van der Waals surface area contributed by atoms with Gasteiger partial charge in [0.1, 0.15) is 5.82 Å². The fraction of sp³-hybridized carbons (Fsp3) is 0.200. The molecule has 0 atom stereocenters. The largest absolute Gasteiger partial charge is 0.368 e. The Morgan fingerprint density at radius 1 is 1.12 bits per heavy atom. The van der Waals surface area contributed by atoms with Crippen LogP contribution in [0.1, 0.15) is 26.3 Å². The molecule has 160 valence electrons. The Kier molecular flexibility index (Phi) is 4.55. The van der Waals surface area contributed by atoms with Crippen LogP contribution in [-0.4, -0.2) is 27.4 Å². The molecule has 1 amide bonds. The first-order chi connectivity index (χ1) is 15.3. The number of nitrogen functional groups attached to an aromatic ring is 1. The van der Waals surface area contributed by atoms with Crippen molar-refractivity contribution in [2.24, 2.45) is 0 Å². The number of carbonyl (C=O) groups is 1. The van der Waals surface area contributed by atoms with E-state index < -0.39 is 0 Å². The lowest BCUT2D eigenvalue weighted by atomic mass is 9.86. The van der Waals surface area contributed by atoms with E-state index in [1.807, 2.05) is 41.3 Å². The highest BCUT2D eigenvalue weighted by atomic mass is 16.2. The number of nitrogens with two attached hydrogens (primary N) is 1. The molecular formula is C25H24N6O. The van der Waals surface area contributed by atoms with Crippen molar-refractivity contribution in [2.75, 3.05) is 22.5 Å². The third-order valence-corrected chi connectivity index (χ3v) is 5.94. The smallest absolute Gasteiger partial charge is 0.223 e. The van der Waals surface area contributed by atoms with Crippen molar-refractivity contribution in [1.82, 2.24) is 15.0 Å².